The molecule has 27 heavy (non-hydrogen) atoms. The highest BCUT2D eigenvalue weighted by Gasteiger charge is 2.40. The van der Waals surface area contributed by atoms with Gasteiger partial charge < -0.3 is 9.64 Å². The number of cyclic esters (lactones) is 1. The van der Waals surface area contributed by atoms with E-state index in [4.69, 9.17) is 27.9 Å². The first kappa shape index (κ1) is 20.3. The summed E-state index contributed by atoms with van der Waals surface area (Å²) < 4.78 is 5.63. The predicted octanol–water partition coefficient (Wildman–Crippen LogP) is 4.59. The van der Waals surface area contributed by atoms with E-state index >= 15 is 0 Å². The highest BCUT2D eigenvalue weighted by atomic mass is 35.5. The number of hydrogen-bond acceptors (Lipinski definition) is 4. The summed E-state index contributed by atoms with van der Waals surface area (Å²) in [6, 6.07) is 15.3. The number of carbonyl (C=O) groups excluding carboxylic acids is 1. The standard InChI is InChI=1S/C20H20Cl2N2O2.ClH/c21-15-6-4-14(5-7-15)19-13-18(20(25)26-19)24-10-8-23(9-11-24)17-3-1-2-16(22)12-17;/h1-7,12,18-19H,8-11,13H2;1H. The minimum Gasteiger partial charge on any atom is -0.456 e. The molecule has 2 fully saturated rings. The zero-order valence-electron chi connectivity index (χ0n) is 14.7. The Morgan fingerprint density at radius 3 is 2.30 bits per heavy atom. The van der Waals surface area contributed by atoms with Crippen LogP contribution in [0, 0.1) is 0 Å². The molecule has 0 aromatic heterocycles. The van der Waals surface area contributed by atoms with Crippen molar-refractivity contribution in [3.8, 4) is 0 Å². The fraction of sp³-hybridized carbons (Fsp3) is 0.350. The van der Waals surface area contributed by atoms with E-state index in [-0.39, 0.29) is 30.5 Å². The van der Waals surface area contributed by atoms with Gasteiger partial charge in [-0.05, 0) is 35.9 Å². The molecule has 2 aliphatic heterocycles. The first-order chi connectivity index (χ1) is 12.6. The molecule has 0 radical (unpaired) electrons. The molecule has 4 rings (SSSR count). The van der Waals surface area contributed by atoms with Crippen LogP contribution < -0.4 is 4.90 Å². The number of esters is 1. The normalized spacial score (nSPS) is 23.0. The van der Waals surface area contributed by atoms with Crippen molar-refractivity contribution in [1.82, 2.24) is 4.90 Å². The first-order valence-corrected chi connectivity index (χ1v) is 9.56. The zero-order chi connectivity index (χ0) is 18.1. The summed E-state index contributed by atoms with van der Waals surface area (Å²) in [4.78, 5) is 16.9. The Hall–Kier alpha value is -1.46. The molecule has 2 aromatic carbocycles. The Labute approximate surface area is 175 Å². The molecule has 2 atom stereocenters. The molecule has 0 aliphatic carbocycles. The fourth-order valence-electron chi connectivity index (χ4n) is 3.71. The SMILES string of the molecule is Cl.O=C1OC(c2ccc(Cl)cc2)CC1N1CCN(c2cccc(Cl)c2)CC1. The smallest absolute Gasteiger partial charge is 0.324 e. The van der Waals surface area contributed by atoms with Crippen LogP contribution in [0.1, 0.15) is 18.1 Å². The molecule has 0 amide bonds. The van der Waals surface area contributed by atoms with Gasteiger partial charge >= 0.3 is 5.97 Å². The molecule has 2 saturated heterocycles. The van der Waals surface area contributed by atoms with E-state index in [2.05, 4.69) is 15.9 Å². The van der Waals surface area contributed by atoms with Crippen molar-refractivity contribution in [1.29, 1.82) is 0 Å². The lowest BCUT2D eigenvalue weighted by molar-refractivity contribution is -0.145. The van der Waals surface area contributed by atoms with Crippen molar-refractivity contribution in [2.45, 2.75) is 18.6 Å². The van der Waals surface area contributed by atoms with Crippen LogP contribution in [0.3, 0.4) is 0 Å². The number of carbonyl (C=O) groups is 1. The summed E-state index contributed by atoms with van der Waals surface area (Å²) in [5, 5.41) is 1.43. The molecule has 2 heterocycles. The maximum Gasteiger partial charge on any atom is 0.324 e. The summed E-state index contributed by atoms with van der Waals surface area (Å²) in [5.74, 6) is -0.124. The van der Waals surface area contributed by atoms with Gasteiger partial charge in [0.05, 0.1) is 0 Å². The van der Waals surface area contributed by atoms with Crippen LogP contribution in [0.5, 0.6) is 0 Å². The maximum absolute atomic E-state index is 12.4. The Balaban J connectivity index is 0.00000210. The predicted molar refractivity (Wildman–Crippen MR) is 111 cm³/mol. The van der Waals surface area contributed by atoms with Crippen LogP contribution in [0.15, 0.2) is 48.5 Å². The van der Waals surface area contributed by atoms with Crippen molar-refractivity contribution < 1.29 is 9.53 Å². The van der Waals surface area contributed by atoms with Gasteiger partial charge in [-0.2, -0.15) is 0 Å². The Morgan fingerprint density at radius 2 is 1.63 bits per heavy atom. The zero-order valence-corrected chi connectivity index (χ0v) is 17.0. The lowest BCUT2D eigenvalue weighted by atomic mass is 10.0. The summed E-state index contributed by atoms with van der Waals surface area (Å²) in [6.45, 7) is 3.41. The number of halogens is 3. The number of hydrogen-bond donors (Lipinski definition) is 0. The monoisotopic (exact) mass is 426 g/mol. The average molecular weight is 428 g/mol. The molecule has 0 bridgehead atoms. The highest BCUT2D eigenvalue weighted by molar-refractivity contribution is 6.31. The lowest BCUT2D eigenvalue weighted by Gasteiger charge is -2.37. The van der Waals surface area contributed by atoms with Crippen molar-refractivity contribution >= 4 is 47.3 Å². The molecule has 0 spiro atoms. The van der Waals surface area contributed by atoms with Gasteiger partial charge in [0.25, 0.3) is 0 Å². The van der Waals surface area contributed by atoms with Gasteiger partial charge in [-0.3, -0.25) is 9.69 Å². The summed E-state index contributed by atoms with van der Waals surface area (Å²) in [7, 11) is 0. The molecular formula is C20H21Cl3N2O2. The van der Waals surface area contributed by atoms with Crippen LogP contribution in [-0.4, -0.2) is 43.1 Å². The number of nitrogens with zero attached hydrogens (tertiary/aromatic N) is 2. The third-order valence-corrected chi connectivity index (χ3v) is 5.63. The van der Waals surface area contributed by atoms with E-state index in [0.29, 0.717) is 11.4 Å². The first-order valence-electron chi connectivity index (χ1n) is 8.81. The van der Waals surface area contributed by atoms with Gasteiger partial charge in [-0.25, -0.2) is 0 Å². The summed E-state index contributed by atoms with van der Waals surface area (Å²) >= 11 is 12.0. The summed E-state index contributed by atoms with van der Waals surface area (Å²) in [5.41, 5.74) is 2.13. The molecule has 2 aromatic rings. The second-order valence-electron chi connectivity index (χ2n) is 6.73. The molecule has 2 aliphatic rings. The van der Waals surface area contributed by atoms with Crippen molar-refractivity contribution in [2.24, 2.45) is 0 Å². The Morgan fingerprint density at radius 1 is 0.926 bits per heavy atom. The quantitative estimate of drug-likeness (QED) is 0.671. The van der Waals surface area contributed by atoms with Gasteiger partial charge in [0.15, 0.2) is 0 Å². The fourth-order valence-corrected chi connectivity index (χ4v) is 4.02. The third kappa shape index (κ3) is 4.52. The molecule has 4 nitrogen and oxygen atoms in total. The van der Waals surface area contributed by atoms with Gasteiger partial charge in [0, 0.05) is 48.3 Å². The lowest BCUT2D eigenvalue weighted by Crippen LogP contribution is -2.51. The molecule has 7 heteroatoms. The van der Waals surface area contributed by atoms with Crippen LogP contribution in [0.4, 0.5) is 5.69 Å². The number of benzene rings is 2. The van der Waals surface area contributed by atoms with Gasteiger partial charge in [0.2, 0.25) is 0 Å². The minimum absolute atomic E-state index is 0. The number of rotatable bonds is 3. The topological polar surface area (TPSA) is 32.8 Å². The second kappa shape index (κ2) is 8.70. The van der Waals surface area contributed by atoms with Gasteiger partial charge in [-0.1, -0.05) is 41.4 Å². The van der Waals surface area contributed by atoms with Crippen molar-refractivity contribution in [2.75, 3.05) is 31.1 Å². The minimum atomic E-state index is -0.185. The van der Waals surface area contributed by atoms with Crippen LogP contribution >= 0.6 is 35.6 Å². The molecule has 0 N–H and O–H groups in total. The van der Waals surface area contributed by atoms with E-state index in [1.807, 2.05) is 42.5 Å². The van der Waals surface area contributed by atoms with E-state index in [9.17, 15) is 4.79 Å². The molecule has 144 valence electrons. The van der Waals surface area contributed by atoms with Crippen molar-refractivity contribution in [3.05, 3.63) is 64.1 Å². The van der Waals surface area contributed by atoms with Crippen LogP contribution in [0.25, 0.3) is 0 Å². The Bertz CT molecular complexity index is 792. The number of ether oxygens (including phenoxy) is 1. The van der Waals surface area contributed by atoms with Gasteiger partial charge in [-0.15, -0.1) is 12.4 Å². The Kier molecular flexibility index (Phi) is 6.53. The molecule has 0 saturated carbocycles. The van der Waals surface area contributed by atoms with Crippen molar-refractivity contribution in [3.63, 3.8) is 0 Å². The second-order valence-corrected chi connectivity index (χ2v) is 7.60. The average Bonchev–Trinajstić information content (AvgIpc) is 3.04. The number of anilines is 1. The van der Waals surface area contributed by atoms with Gasteiger partial charge in [0.1, 0.15) is 12.1 Å². The highest BCUT2D eigenvalue weighted by Crippen LogP contribution is 2.33. The van der Waals surface area contributed by atoms with E-state index in [1.54, 1.807) is 0 Å². The summed E-state index contributed by atoms with van der Waals surface area (Å²) in [6.07, 6.45) is 0.508. The van der Waals surface area contributed by atoms with E-state index in [0.717, 1.165) is 42.5 Å². The van der Waals surface area contributed by atoms with Crippen LogP contribution in [0.2, 0.25) is 10.0 Å². The third-order valence-electron chi connectivity index (χ3n) is 5.14. The molecular weight excluding hydrogens is 407 g/mol. The van der Waals surface area contributed by atoms with E-state index < -0.39 is 0 Å². The number of piperazine rings is 1. The van der Waals surface area contributed by atoms with E-state index in [1.165, 1.54) is 0 Å². The van der Waals surface area contributed by atoms with Crippen LogP contribution in [-0.2, 0) is 9.53 Å². The molecule has 2 unspecified atom stereocenters. The maximum atomic E-state index is 12.4. The largest absolute Gasteiger partial charge is 0.456 e.